The number of halogens is 1. The zero-order valence-corrected chi connectivity index (χ0v) is 14.6. The molecule has 1 heterocycles. The van der Waals surface area contributed by atoms with Gasteiger partial charge in [-0.3, -0.25) is 9.59 Å². The van der Waals surface area contributed by atoms with Gasteiger partial charge in [0.1, 0.15) is 5.69 Å². The number of amides is 1. The molecule has 0 aliphatic carbocycles. The number of esters is 1. The van der Waals surface area contributed by atoms with Gasteiger partial charge in [0.15, 0.2) is 0 Å². The second kappa shape index (κ2) is 9.33. The molecule has 1 aromatic carbocycles. The van der Waals surface area contributed by atoms with Crippen LogP contribution in [0.15, 0.2) is 24.3 Å². The van der Waals surface area contributed by atoms with Gasteiger partial charge < -0.3 is 15.0 Å². The van der Waals surface area contributed by atoms with Crippen molar-refractivity contribution in [3.63, 3.8) is 0 Å². The summed E-state index contributed by atoms with van der Waals surface area (Å²) in [5.74, 6) is -0.251. The van der Waals surface area contributed by atoms with Gasteiger partial charge in [0.2, 0.25) is 0 Å². The summed E-state index contributed by atoms with van der Waals surface area (Å²) in [7, 11) is 0. The third-order valence-corrected chi connectivity index (χ3v) is 3.96. The number of hydrogen-bond donors (Lipinski definition) is 2. The Labute approximate surface area is 146 Å². The maximum Gasteiger partial charge on any atom is 0.305 e. The first-order chi connectivity index (χ1) is 11.6. The van der Waals surface area contributed by atoms with Crippen LogP contribution >= 0.6 is 11.6 Å². The van der Waals surface area contributed by atoms with Crippen molar-refractivity contribution in [2.24, 2.45) is 0 Å². The maximum atomic E-state index is 12.1. The lowest BCUT2D eigenvalue weighted by Gasteiger charge is -2.04. The van der Waals surface area contributed by atoms with E-state index in [1.807, 2.05) is 19.1 Å². The summed E-state index contributed by atoms with van der Waals surface area (Å²) in [6, 6.07) is 7.28. The predicted octanol–water partition coefficient (Wildman–Crippen LogP) is 4.06. The van der Waals surface area contributed by atoms with E-state index >= 15 is 0 Å². The number of rotatable bonds is 9. The highest BCUT2D eigenvalue weighted by atomic mass is 35.5. The highest BCUT2D eigenvalue weighted by molar-refractivity contribution is 6.31. The summed E-state index contributed by atoms with van der Waals surface area (Å²) in [5, 5.41) is 4.47. The van der Waals surface area contributed by atoms with Gasteiger partial charge in [-0.05, 0) is 44.0 Å². The van der Waals surface area contributed by atoms with E-state index < -0.39 is 0 Å². The van der Waals surface area contributed by atoms with Crippen LogP contribution in [0.3, 0.4) is 0 Å². The Balaban J connectivity index is 1.65. The molecule has 0 atom stereocenters. The van der Waals surface area contributed by atoms with E-state index in [1.165, 1.54) is 0 Å². The lowest BCUT2D eigenvalue weighted by atomic mass is 10.1. The van der Waals surface area contributed by atoms with Crippen LogP contribution in [0, 0.1) is 0 Å². The molecule has 1 aromatic heterocycles. The first-order valence-electron chi connectivity index (χ1n) is 8.32. The Bertz CT molecular complexity index is 697. The van der Waals surface area contributed by atoms with E-state index in [2.05, 4.69) is 10.3 Å². The molecule has 0 saturated carbocycles. The van der Waals surface area contributed by atoms with E-state index in [0.29, 0.717) is 30.3 Å². The van der Waals surface area contributed by atoms with Crippen LogP contribution in [0.2, 0.25) is 5.02 Å². The monoisotopic (exact) mass is 350 g/mol. The molecule has 24 heavy (non-hydrogen) atoms. The summed E-state index contributed by atoms with van der Waals surface area (Å²) in [5.41, 5.74) is 1.43. The molecule has 6 heteroatoms. The van der Waals surface area contributed by atoms with Crippen molar-refractivity contribution in [2.45, 2.75) is 39.0 Å². The first-order valence-corrected chi connectivity index (χ1v) is 8.70. The molecule has 5 nitrogen and oxygen atoms in total. The number of unbranched alkanes of at least 4 members (excludes halogenated alkanes) is 3. The zero-order valence-electron chi connectivity index (χ0n) is 13.9. The summed E-state index contributed by atoms with van der Waals surface area (Å²) in [6.07, 6.45) is 4.12. The van der Waals surface area contributed by atoms with Crippen molar-refractivity contribution in [1.82, 2.24) is 10.3 Å². The van der Waals surface area contributed by atoms with Crippen molar-refractivity contribution in [1.29, 1.82) is 0 Å². The fraction of sp³-hybridized carbons (Fsp3) is 0.444. The number of carbonyl (C=O) groups is 2. The van der Waals surface area contributed by atoms with Crippen molar-refractivity contribution < 1.29 is 14.3 Å². The number of fused-ring (bicyclic) bond motifs is 1. The third kappa shape index (κ3) is 5.57. The second-order valence-corrected chi connectivity index (χ2v) is 6.08. The minimum Gasteiger partial charge on any atom is -0.466 e. The molecular formula is C18H23ClN2O3. The number of ether oxygens (including phenoxy) is 1. The molecule has 0 radical (unpaired) electrons. The highest BCUT2D eigenvalue weighted by Crippen LogP contribution is 2.20. The van der Waals surface area contributed by atoms with Gasteiger partial charge in [-0.2, -0.15) is 0 Å². The molecular weight excluding hydrogens is 328 g/mol. The van der Waals surface area contributed by atoms with Crippen LogP contribution in [-0.2, 0) is 9.53 Å². The Hall–Kier alpha value is -2.01. The fourth-order valence-corrected chi connectivity index (χ4v) is 2.68. The van der Waals surface area contributed by atoms with Crippen LogP contribution in [0.5, 0.6) is 0 Å². The average Bonchev–Trinajstić information content (AvgIpc) is 2.97. The Morgan fingerprint density at radius 1 is 1.17 bits per heavy atom. The molecule has 0 fully saturated rings. The molecule has 0 aliphatic rings. The van der Waals surface area contributed by atoms with E-state index in [-0.39, 0.29) is 11.9 Å². The topological polar surface area (TPSA) is 71.2 Å². The molecule has 130 valence electrons. The van der Waals surface area contributed by atoms with Gasteiger partial charge in [0, 0.05) is 28.9 Å². The number of benzene rings is 1. The zero-order chi connectivity index (χ0) is 17.4. The van der Waals surface area contributed by atoms with Gasteiger partial charge in [-0.1, -0.05) is 24.4 Å². The first kappa shape index (κ1) is 18.3. The van der Waals surface area contributed by atoms with Gasteiger partial charge in [0.25, 0.3) is 5.91 Å². The van der Waals surface area contributed by atoms with Crippen LogP contribution in [-0.4, -0.2) is 30.0 Å². The number of carbonyl (C=O) groups excluding carboxylic acids is 2. The SMILES string of the molecule is CCOC(=O)CCCCCCNC(=O)c1cc2cc(Cl)ccc2[nH]1. The molecule has 0 unspecified atom stereocenters. The molecule has 2 rings (SSSR count). The van der Waals surface area contributed by atoms with Crippen molar-refractivity contribution in [2.75, 3.05) is 13.2 Å². The molecule has 0 aliphatic heterocycles. The van der Waals surface area contributed by atoms with Crippen LogP contribution in [0.4, 0.5) is 0 Å². The number of aromatic amines is 1. The number of aromatic nitrogens is 1. The van der Waals surface area contributed by atoms with E-state index in [0.717, 1.165) is 36.6 Å². The summed E-state index contributed by atoms with van der Waals surface area (Å²) in [6.45, 7) is 2.86. The average molecular weight is 351 g/mol. The van der Waals surface area contributed by atoms with E-state index in [4.69, 9.17) is 16.3 Å². The third-order valence-electron chi connectivity index (χ3n) is 3.73. The minimum atomic E-state index is -0.135. The van der Waals surface area contributed by atoms with Gasteiger partial charge >= 0.3 is 5.97 Å². The van der Waals surface area contributed by atoms with Crippen LogP contribution in [0.1, 0.15) is 49.5 Å². The normalized spacial score (nSPS) is 10.8. The van der Waals surface area contributed by atoms with Crippen LogP contribution < -0.4 is 5.32 Å². The number of H-pyrrole nitrogens is 1. The smallest absolute Gasteiger partial charge is 0.305 e. The van der Waals surface area contributed by atoms with Crippen molar-refractivity contribution in [3.05, 3.63) is 35.0 Å². The summed E-state index contributed by atoms with van der Waals surface area (Å²) in [4.78, 5) is 26.4. The molecule has 2 aromatic rings. The molecule has 2 N–H and O–H groups in total. The minimum absolute atomic E-state index is 0.117. The second-order valence-electron chi connectivity index (χ2n) is 5.64. The summed E-state index contributed by atoms with van der Waals surface area (Å²) >= 11 is 5.95. The number of hydrogen-bond acceptors (Lipinski definition) is 3. The fourth-order valence-electron chi connectivity index (χ4n) is 2.50. The Morgan fingerprint density at radius 2 is 1.96 bits per heavy atom. The predicted molar refractivity (Wildman–Crippen MR) is 95.4 cm³/mol. The lowest BCUT2D eigenvalue weighted by Crippen LogP contribution is -2.24. The van der Waals surface area contributed by atoms with Crippen molar-refractivity contribution in [3.8, 4) is 0 Å². The Kier molecular flexibility index (Phi) is 7.12. The maximum absolute atomic E-state index is 12.1. The van der Waals surface area contributed by atoms with E-state index in [1.54, 1.807) is 12.1 Å². The molecule has 0 bridgehead atoms. The summed E-state index contributed by atoms with van der Waals surface area (Å²) < 4.78 is 4.87. The van der Waals surface area contributed by atoms with Gasteiger partial charge in [-0.25, -0.2) is 0 Å². The molecule has 0 saturated heterocycles. The number of nitrogens with one attached hydrogen (secondary N) is 2. The van der Waals surface area contributed by atoms with Crippen LogP contribution in [0.25, 0.3) is 10.9 Å². The van der Waals surface area contributed by atoms with Crippen molar-refractivity contribution >= 4 is 34.4 Å². The van der Waals surface area contributed by atoms with Gasteiger partial charge in [-0.15, -0.1) is 0 Å². The standard InChI is InChI=1S/C18H23ClN2O3/c1-2-24-17(22)7-5-3-4-6-10-20-18(23)16-12-13-11-14(19)8-9-15(13)21-16/h8-9,11-12,21H,2-7,10H2,1H3,(H,20,23). The largest absolute Gasteiger partial charge is 0.466 e. The van der Waals surface area contributed by atoms with Gasteiger partial charge in [0.05, 0.1) is 6.61 Å². The molecule has 0 spiro atoms. The Morgan fingerprint density at radius 3 is 2.75 bits per heavy atom. The quantitative estimate of drug-likeness (QED) is 0.529. The molecule has 1 amide bonds. The highest BCUT2D eigenvalue weighted by Gasteiger charge is 2.09. The lowest BCUT2D eigenvalue weighted by molar-refractivity contribution is -0.143. The van der Waals surface area contributed by atoms with E-state index in [9.17, 15) is 9.59 Å².